The molecule has 0 atom stereocenters. The molecule has 4 N–H and O–H groups in total. The van der Waals surface area contributed by atoms with Gasteiger partial charge in [-0.15, -0.1) is 0 Å². The molecule has 2 aromatic rings. The van der Waals surface area contributed by atoms with Crippen molar-refractivity contribution >= 4 is 33.2 Å². The number of carbonyl (C=O) groups excluding carboxylic acids is 2. The van der Waals surface area contributed by atoms with Gasteiger partial charge in [-0.25, -0.2) is 8.42 Å². The van der Waals surface area contributed by atoms with E-state index in [1.165, 1.54) is 24.3 Å². The summed E-state index contributed by atoms with van der Waals surface area (Å²) in [5.41, 5.74) is 6.56. The predicted molar refractivity (Wildman–Crippen MR) is 98.5 cm³/mol. The fraction of sp³-hybridized carbons (Fsp3) is 0.222. The zero-order valence-electron chi connectivity index (χ0n) is 14.4. The number of amides is 2. The van der Waals surface area contributed by atoms with Crippen LogP contribution in [0, 0.1) is 0 Å². The summed E-state index contributed by atoms with van der Waals surface area (Å²) < 4.78 is 27.9. The van der Waals surface area contributed by atoms with Gasteiger partial charge < -0.3 is 11.1 Å². The first-order valence-corrected chi connectivity index (χ1v) is 9.44. The van der Waals surface area contributed by atoms with Crippen LogP contribution in [0.3, 0.4) is 0 Å². The Labute approximate surface area is 151 Å². The normalized spacial score (nSPS) is 15.7. The summed E-state index contributed by atoms with van der Waals surface area (Å²) in [6, 6.07) is 10.5. The van der Waals surface area contributed by atoms with Crippen molar-refractivity contribution in [3.8, 4) is 0 Å². The number of benzene rings is 2. The van der Waals surface area contributed by atoms with E-state index in [1.807, 2.05) is 13.8 Å². The Morgan fingerprint density at radius 2 is 1.92 bits per heavy atom. The molecule has 1 aliphatic heterocycles. The molecule has 1 heterocycles. The first-order valence-electron chi connectivity index (χ1n) is 7.96. The van der Waals surface area contributed by atoms with Crippen LogP contribution in [0.5, 0.6) is 0 Å². The van der Waals surface area contributed by atoms with Gasteiger partial charge in [0.1, 0.15) is 0 Å². The number of rotatable bonds is 4. The van der Waals surface area contributed by atoms with E-state index < -0.39 is 21.3 Å². The number of carbonyl (C=O) groups is 2. The van der Waals surface area contributed by atoms with Crippen LogP contribution in [0.15, 0.2) is 47.4 Å². The average Bonchev–Trinajstić information content (AvgIpc) is 2.53. The lowest BCUT2D eigenvalue weighted by atomic mass is 9.78. The van der Waals surface area contributed by atoms with Crippen LogP contribution < -0.4 is 15.8 Å². The fourth-order valence-corrected chi connectivity index (χ4v) is 4.08. The molecule has 0 aliphatic carbocycles. The number of hydrogen-bond donors (Lipinski definition) is 3. The van der Waals surface area contributed by atoms with E-state index >= 15 is 0 Å². The Kier molecular flexibility index (Phi) is 4.23. The summed E-state index contributed by atoms with van der Waals surface area (Å²) in [4.78, 5) is 23.1. The first kappa shape index (κ1) is 17.9. The third-order valence-corrected chi connectivity index (χ3v) is 5.69. The van der Waals surface area contributed by atoms with E-state index in [2.05, 4.69) is 10.0 Å². The van der Waals surface area contributed by atoms with Gasteiger partial charge >= 0.3 is 0 Å². The first-order chi connectivity index (χ1) is 12.1. The molecule has 0 unspecified atom stereocenters. The molecule has 2 aromatic carbocycles. The Balaban J connectivity index is 1.97. The third-order valence-electron chi connectivity index (χ3n) is 4.31. The molecule has 0 aromatic heterocycles. The zero-order chi connectivity index (χ0) is 19.1. The highest BCUT2D eigenvalue weighted by atomic mass is 32.2. The van der Waals surface area contributed by atoms with E-state index in [4.69, 9.17) is 5.73 Å². The lowest BCUT2D eigenvalue weighted by molar-refractivity contribution is -0.117. The molecular weight excluding hydrogens is 354 g/mol. The quantitative estimate of drug-likeness (QED) is 0.761. The second kappa shape index (κ2) is 6.14. The predicted octanol–water partition coefficient (Wildman–Crippen LogP) is 2.21. The molecule has 0 bridgehead atoms. The number of nitrogens with two attached hydrogens (primary N) is 1. The SMILES string of the molecule is CC1(C)CC(=O)Nc2ccc(S(=O)(=O)Nc3cccc(C(N)=O)c3)cc21. The van der Waals surface area contributed by atoms with Crippen molar-refractivity contribution in [2.24, 2.45) is 5.73 Å². The molecule has 0 spiro atoms. The number of primary amides is 1. The van der Waals surface area contributed by atoms with Crippen molar-refractivity contribution < 1.29 is 18.0 Å². The highest BCUT2D eigenvalue weighted by Gasteiger charge is 2.33. The van der Waals surface area contributed by atoms with Crippen LogP contribution in [0.25, 0.3) is 0 Å². The molecule has 3 rings (SSSR count). The van der Waals surface area contributed by atoms with Crippen molar-refractivity contribution in [1.29, 1.82) is 0 Å². The smallest absolute Gasteiger partial charge is 0.261 e. The minimum Gasteiger partial charge on any atom is -0.366 e. The molecule has 1 aliphatic rings. The highest BCUT2D eigenvalue weighted by molar-refractivity contribution is 7.92. The van der Waals surface area contributed by atoms with E-state index in [0.717, 1.165) is 5.56 Å². The van der Waals surface area contributed by atoms with Crippen LogP contribution in [0.1, 0.15) is 36.2 Å². The third kappa shape index (κ3) is 3.41. The molecule has 2 amide bonds. The second-order valence-corrected chi connectivity index (χ2v) is 8.55. The summed E-state index contributed by atoms with van der Waals surface area (Å²) in [5, 5.41) is 2.76. The number of hydrogen-bond acceptors (Lipinski definition) is 4. The Morgan fingerprint density at radius 1 is 1.19 bits per heavy atom. The second-order valence-electron chi connectivity index (χ2n) is 6.87. The molecular formula is C18H19N3O4S. The van der Waals surface area contributed by atoms with Crippen LogP contribution in [0.2, 0.25) is 0 Å². The standard InChI is InChI=1S/C18H19N3O4S/c1-18(2)10-16(22)20-15-7-6-13(9-14(15)18)26(24,25)21-12-5-3-4-11(8-12)17(19)23/h3-9,21H,10H2,1-2H3,(H2,19,23)(H,20,22). The minimum atomic E-state index is -3.87. The van der Waals surface area contributed by atoms with E-state index in [9.17, 15) is 18.0 Å². The molecule has 136 valence electrons. The maximum Gasteiger partial charge on any atom is 0.261 e. The molecule has 0 saturated heterocycles. The molecule has 8 heteroatoms. The molecule has 0 saturated carbocycles. The molecule has 7 nitrogen and oxygen atoms in total. The van der Waals surface area contributed by atoms with Gasteiger partial charge in [0.25, 0.3) is 10.0 Å². The van der Waals surface area contributed by atoms with Crippen molar-refractivity contribution in [2.75, 3.05) is 10.0 Å². The van der Waals surface area contributed by atoms with E-state index in [-0.39, 0.29) is 28.5 Å². The van der Waals surface area contributed by atoms with Crippen molar-refractivity contribution in [2.45, 2.75) is 30.6 Å². The van der Waals surface area contributed by atoms with Gasteiger partial charge in [-0.2, -0.15) is 0 Å². The van der Waals surface area contributed by atoms with Crippen LogP contribution in [-0.4, -0.2) is 20.2 Å². The number of fused-ring (bicyclic) bond motifs is 1. The molecule has 0 fully saturated rings. The average molecular weight is 373 g/mol. The summed E-state index contributed by atoms with van der Waals surface area (Å²) in [7, 11) is -3.87. The fourth-order valence-electron chi connectivity index (χ4n) is 3.00. The van der Waals surface area contributed by atoms with E-state index in [1.54, 1.807) is 18.2 Å². The minimum absolute atomic E-state index is 0.0740. The Hall–Kier alpha value is -2.87. The van der Waals surface area contributed by atoms with Crippen molar-refractivity contribution in [3.05, 3.63) is 53.6 Å². The van der Waals surface area contributed by atoms with Crippen molar-refractivity contribution in [3.63, 3.8) is 0 Å². The molecule has 26 heavy (non-hydrogen) atoms. The van der Waals surface area contributed by atoms with E-state index in [0.29, 0.717) is 5.69 Å². The Bertz CT molecular complexity index is 1010. The van der Waals surface area contributed by atoms with Gasteiger partial charge in [0.2, 0.25) is 11.8 Å². The zero-order valence-corrected chi connectivity index (χ0v) is 15.2. The van der Waals surface area contributed by atoms with Gasteiger partial charge in [-0.05, 0) is 42.0 Å². The Morgan fingerprint density at radius 3 is 2.62 bits per heavy atom. The maximum absolute atomic E-state index is 12.7. The van der Waals surface area contributed by atoms with Crippen LogP contribution >= 0.6 is 0 Å². The number of sulfonamides is 1. The lowest BCUT2D eigenvalue weighted by Gasteiger charge is -2.32. The highest BCUT2D eigenvalue weighted by Crippen LogP contribution is 2.38. The summed E-state index contributed by atoms with van der Waals surface area (Å²) in [6.45, 7) is 3.79. The topological polar surface area (TPSA) is 118 Å². The number of anilines is 2. The maximum atomic E-state index is 12.7. The summed E-state index contributed by atoms with van der Waals surface area (Å²) in [5.74, 6) is -0.739. The van der Waals surface area contributed by atoms with Crippen LogP contribution in [-0.2, 0) is 20.2 Å². The van der Waals surface area contributed by atoms with Gasteiger partial charge in [0.05, 0.1) is 4.90 Å². The molecule has 0 radical (unpaired) electrons. The van der Waals surface area contributed by atoms with Gasteiger partial charge in [0.15, 0.2) is 0 Å². The van der Waals surface area contributed by atoms with Crippen LogP contribution in [0.4, 0.5) is 11.4 Å². The largest absolute Gasteiger partial charge is 0.366 e. The van der Waals surface area contributed by atoms with Gasteiger partial charge in [0, 0.05) is 28.8 Å². The number of nitrogens with one attached hydrogen (secondary N) is 2. The van der Waals surface area contributed by atoms with Crippen molar-refractivity contribution in [1.82, 2.24) is 0 Å². The van der Waals surface area contributed by atoms with Gasteiger partial charge in [-0.1, -0.05) is 19.9 Å². The summed E-state index contributed by atoms with van der Waals surface area (Å²) in [6.07, 6.45) is 0.275. The monoisotopic (exact) mass is 373 g/mol. The van der Waals surface area contributed by atoms with Gasteiger partial charge in [-0.3, -0.25) is 14.3 Å². The lowest BCUT2D eigenvalue weighted by Crippen LogP contribution is -2.32. The summed E-state index contributed by atoms with van der Waals surface area (Å²) >= 11 is 0.